The standard InChI is InChI=1S/C16H24O10/c1-7(22-8(2)17)12(23-9(3)18)13-14(24-10(4)19)15(25-11(5)20)16(21-6)26-13/h7,12-16H,1-6H3/t7-,12-,13+,14-,15-,16+/m0/s1. The fourth-order valence-corrected chi connectivity index (χ4v) is 2.70. The van der Waals surface area contributed by atoms with Crippen LogP contribution in [-0.2, 0) is 47.6 Å². The molecule has 0 aromatic rings. The maximum absolute atomic E-state index is 11.5. The summed E-state index contributed by atoms with van der Waals surface area (Å²) in [5, 5.41) is 0. The third-order valence-corrected chi connectivity index (χ3v) is 3.48. The zero-order valence-electron chi connectivity index (χ0n) is 15.5. The molecule has 1 rings (SSSR count). The maximum Gasteiger partial charge on any atom is 0.303 e. The molecule has 0 spiro atoms. The van der Waals surface area contributed by atoms with Crippen LogP contribution in [0.4, 0.5) is 0 Å². The summed E-state index contributed by atoms with van der Waals surface area (Å²) in [7, 11) is 1.31. The minimum atomic E-state index is -1.14. The first-order valence-corrected chi connectivity index (χ1v) is 7.94. The third-order valence-electron chi connectivity index (χ3n) is 3.48. The van der Waals surface area contributed by atoms with E-state index >= 15 is 0 Å². The highest BCUT2D eigenvalue weighted by Gasteiger charge is 2.55. The molecule has 26 heavy (non-hydrogen) atoms. The van der Waals surface area contributed by atoms with Gasteiger partial charge in [0.05, 0.1) is 0 Å². The molecule has 0 aromatic heterocycles. The van der Waals surface area contributed by atoms with Crippen molar-refractivity contribution in [1.29, 1.82) is 0 Å². The second kappa shape index (κ2) is 9.48. The first-order valence-electron chi connectivity index (χ1n) is 7.94. The molecule has 1 aliphatic rings. The Bertz CT molecular complexity index is 545. The van der Waals surface area contributed by atoms with E-state index in [1.54, 1.807) is 0 Å². The van der Waals surface area contributed by atoms with E-state index in [1.807, 2.05) is 0 Å². The van der Waals surface area contributed by atoms with Gasteiger partial charge in [-0.05, 0) is 6.92 Å². The highest BCUT2D eigenvalue weighted by atomic mass is 16.7. The van der Waals surface area contributed by atoms with Crippen molar-refractivity contribution in [1.82, 2.24) is 0 Å². The van der Waals surface area contributed by atoms with Crippen molar-refractivity contribution in [2.75, 3.05) is 7.11 Å². The van der Waals surface area contributed by atoms with E-state index in [0.717, 1.165) is 0 Å². The lowest BCUT2D eigenvalue weighted by Gasteiger charge is -2.30. The average Bonchev–Trinajstić information content (AvgIpc) is 2.80. The van der Waals surface area contributed by atoms with Gasteiger partial charge >= 0.3 is 23.9 Å². The summed E-state index contributed by atoms with van der Waals surface area (Å²) in [6, 6.07) is 0. The Balaban J connectivity index is 3.21. The first kappa shape index (κ1) is 21.8. The third kappa shape index (κ3) is 5.95. The van der Waals surface area contributed by atoms with Gasteiger partial charge in [0, 0.05) is 34.8 Å². The number of carbonyl (C=O) groups is 4. The predicted molar refractivity (Wildman–Crippen MR) is 83.6 cm³/mol. The van der Waals surface area contributed by atoms with E-state index in [-0.39, 0.29) is 0 Å². The summed E-state index contributed by atoms with van der Waals surface area (Å²) in [5.41, 5.74) is 0. The van der Waals surface area contributed by atoms with Gasteiger partial charge in [0.2, 0.25) is 0 Å². The smallest absolute Gasteiger partial charge is 0.303 e. The zero-order chi connectivity index (χ0) is 20.0. The van der Waals surface area contributed by atoms with E-state index in [0.29, 0.717) is 0 Å². The van der Waals surface area contributed by atoms with Crippen LogP contribution < -0.4 is 0 Å². The van der Waals surface area contributed by atoms with E-state index in [2.05, 4.69) is 0 Å². The molecule has 0 unspecified atom stereocenters. The Morgan fingerprint density at radius 3 is 1.73 bits per heavy atom. The number of esters is 4. The second-order valence-electron chi connectivity index (χ2n) is 5.74. The van der Waals surface area contributed by atoms with Gasteiger partial charge in [0.25, 0.3) is 0 Å². The Morgan fingerprint density at radius 2 is 1.31 bits per heavy atom. The molecule has 148 valence electrons. The lowest BCUT2D eigenvalue weighted by Crippen LogP contribution is -2.49. The van der Waals surface area contributed by atoms with Crippen LogP contribution in [0.15, 0.2) is 0 Å². The number of methoxy groups -OCH3 is 1. The first-order chi connectivity index (χ1) is 12.1. The van der Waals surface area contributed by atoms with Crippen molar-refractivity contribution >= 4 is 23.9 Å². The number of ether oxygens (including phenoxy) is 6. The molecular weight excluding hydrogens is 352 g/mol. The summed E-state index contributed by atoms with van der Waals surface area (Å²) in [5.74, 6) is -2.57. The van der Waals surface area contributed by atoms with Crippen molar-refractivity contribution in [3.63, 3.8) is 0 Å². The molecule has 0 bridgehead atoms. The van der Waals surface area contributed by atoms with Crippen LogP contribution in [0, 0.1) is 0 Å². The van der Waals surface area contributed by atoms with Gasteiger partial charge < -0.3 is 28.4 Å². The van der Waals surface area contributed by atoms with Crippen LogP contribution in [0.2, 0.25) is 0 Å². The lowest BCUT2D eigenvalue weighted by atomic mass is 10.0. The van der Waals surface area contributed by atoms with Crippen LogP contribution in [0.1, 0.15) is 34.6 Å². The molecule has 0 aliphatic carbocycles. The quantitative estimate of drug-likeness (QED) is 0.446. The molecule has 0 saturated carbocycles. The summed E-state index contributed by atoms with van der Waals surface area (Å²) in [6.45, 7) is 6.19. The maximum atomic E-state index is 11.5. The monoisotopic (exact) mass is 376 g/mol. The van der Waals surface area contributed by atoms with Crippen LogP contribution in [-0.4, -0.2) is 67.8 Å². The average molecular weight is 376 g/mol. The molecule has 1 aliphatic heterocycles. The minimum Gasteiger partial charge on any atom is -0.459 e. The van der Waals surface area contributed by atoms with Crippen molar-refractivity contribution in [3.8, 4) is 0 Å². The summed E-state index contributed by atoms with van der Waals surface area (Å²) >= 11 is 0. The van der Waals surface area contributed by atoms with E-state index in [9.17, 15) is 19.2 Å². The highest BCUT2D eigenvalue weighted by molar-refractivity contribution is 5.68. The van der Waals surface area contributed by atoms with Crippen LogP contribution >= 0.6 is 0 Å². The normalized spacial score (nSPS) is 27.2. The van der Waals surface area contributed by atoms with Gasteiger partial charge in [-0.1, -0.05) is 0 Å². The number of hydrogen-bond acceptors (Lipinski definition) is 10. The Labute approximate surface area is 151 Å². The summed E-state index contributed by atoms with van der Waals surface area (Å²) in [4.78, 5) is 45.7. The Kier molecular flexibility index (Phi) is 7.97. The largest absolute Gasteiger partial charge is 0.459 e. The van der Waals surface area contributed by atoms with Gasteiger partial charge in [0.1, 0.15) is 12.2 Å². The Hall–Kier alpha value is -2.20. The topological polar surface area (TPSA) is 124 Å². The molecule has 0 radical (unpaired) electrons. The highest BCUT2D eigenvalue weighted by Crippen LogP contribution is 2.32. The van der Waals surface area contributed by atoms with Crippen LogP contribution in [0.3, 0.4) is 0 Å². The molecule has 6 atom stereocenters. The molecule has 1 heterocycles. The SMILES string of the molecule is CO[C@@H]1O[C@H]([C@@H](OC(C)=O)[C@H](C)OC(C)=O)[C@H](OC(C)=O)[C@@H]1OC(C)=O. The lowest BCUT2D eigenvalue weighted by molar-refractivity contribution is -0.199. The van der Waals surface area contributed by atoms with E-state index in [1.165, 1.54) is 41.7 Å². The van der Waals surface area contributed by atoms with E-state index in [4.69, 9.17) is 28.4 Å². The van der Waals surface area contributed by atoms with Crippen molar-refractivity contribution in [2.45, 2.75) is 71.4 Å². The number of hydrogen-bond donors (Lipinski definition) is 0. The number of rotatable bonds is 7. The van der Waals surface area contributed by atoms with Crippen LogP contribution in [0.5, 0.6) is 0 Å². The van der Waals surface area contributed by atoms with Crippen molar-refractivity contribution in [2.24, 2.45) is 0 Å². The molecule has 10 nitrogen and oxygen atoms in total. The van der Waals surface area contributed by atoms with Crippen molar-refractivity contribution in [3.05, 3.63) is 0 Å². The molecule has 0 aromatic carbocycles. The zero-order valence-corrected chi connectivity index (χ0v) is 15.5. The predicted octanol–water partition coefficient (Wildman–Crippen LogP) is 0.104. The van der Waals surface area contributed by atoms with Gasteiger partial charge in [-0.25, -0.2) is 0 Å². The van der Waals surface area contributed by atoms with Gasteiger partial charge in [-0.3, -0.25) is 19.2 Å². The molecule has 0 amide bonds. The summed E-state index contributed by atoms with van der Waals surface area (Å²) < 4.78 is 31.5. The van der Waals surface area contributed by atoms with Gasteiger partial charge in [-0.2, -0.15) is 0 Å². The summed E-state index contributed by atoms with van der Waals surface area (Å²) in [6.07, 6.45) is -6.44. The second-order valence-corrected chi connectivity index (χ2v) is 5.74. The number of carbonyl (C=O) groups excluding carboxylic acids is 4. The molecular formula is C16H24O10. The van der Waals surface area contributed by atoms with Crippen molar-refractivity contribution < 1.29 is 47.6 Å². The van der Waals surface area contributed by atoms with E-state index < -0.39 is 60.7 Å². The van der Waals surface area contributed by atoms with Gasteiger partial charge in [-0.15, -0.1) is 0 Å². The fraction of sp³-hybridized carbons (Fsp3) is 0.750. The molecule has 1 saturated heterocycles. The molecule has 0 N–H and O–H groups in total. The molecule has 1 fully saturated rings. The van der Waals surface area contributed by atoms with Gasteiger partial charge in [0.15, 0.2) is 24.6 Å². The molecule has 10 heteroatoms. The van der Waals surface area contributed by atoms with Crippen LogP contribution in [0.25, 0.3) is 0 Å². The Morgan fingerprint density at radius 1 is 0.808 bits per heavy atom. The fourth-order valence-electron chi connectivity index (χ4n) is 2.70. The minimum absolute atomic E-state index is 0.600.